The van der Waals surface area contributed by atoms with Crippen molar-refractivity contribution in [2.75, 3.05) is 31.9 Å². The number of hydrogen-bond donors (Lipinski definition) is 0. The normalized spacial score (nSPS) is 17.4. The van der Waals surface area contributed by atoms with E-state index in [2.05, 4.69) is 110 Å². The van der Waals surface area contributed by atoms with Gasteiger partial charge in [-0.15, -0.1) is 0 Å². The zero-order valence-corrected chi connectivity index (χ0v) is 30.4. The first-order valence-corrected chi connectivity index (χ1v) is 21.9. The zero-order valence-electron chi connectivity index (χ0n) is 28.4. The van der Waals surface area contributed by atoms with Gasteiger partial charge in [0.1, 0.15) is 12.5 Å². The second kappa shape index (κ2) is 13.2. The fourth-order valence-corrected chi connectivity index (χ4v) is 13.0. The molecule has 0 aromatic heterocycles. The van der Waals surface area contributed by atoms with E-state index in [1.807, 2.05) is 11.0 Å². The van der Waals surface area contributed by atoms with Gasteiger partial charge >= 0.3 is 0 Å². The van der Waals surface area contributed by atoms with Gasteiger partial charge in [0.2, 0.25) is 0 Å². The van der Waals surface area contributed by atoms with Crippen LogP contribution in [0.5, 0.6) is 11.5 Å². The fourth-order valence-electron chi connectivity index (χ4n) is 6.95. The van der Waals surface area contributed by atoms with Crippen molar-refractivity contribution in [2.45, 2.75) is 103 Å². The molecule has 8 heteroatoms. The number of fused-ring (bicyclic) bond motifs is 2. The summed E-state index contributed by atoms with van der Waals surface area (Å²) >= 11 is 0. The van der Waals surface area contributed by atoms with E-state index < -0.39 is 16.4 Å². The minimum Gasteiger partial charge on any atom is -0.540 e. The number of benzene rings is 2. The summed E-state index contributed by atoms with van der Waals surface area (Å²) in [5.41, 5.74) is 6.32. The first-order chi connectivity index (χ1) is 20.2. The van der Waals surface area contributed by atoms with E-state index >= 15 is 0 Å². The van der Waals surface area contributed by atoms with Gasteiger partial charge in [0, 0.05) is 33.5 Å². The number of ether oxygens (including phenoxy) is 2. The summed E-state index contributed by atoms with van der Waals surface area (Å²) in [6.07, 6.45) is 2.86. The summed E-state index contributed by atoms with van der Waals surface area (Å²) < 4.78 is 19.4. The molecule has 236 valence electrons. The van der Waals surface area contributed by atoms with Gasteiger partial charge in [-0.05, 0) is 53.2 Å². The van der Waals surface area contributed by atoms with Crippen molar-refractivity contribution in [2.24, 2.45) is 0 Å². The molecule has 6 nitrogen and oxygen atoms in total. The first kappa shape index (κ1) is 33.3. The summed E-state index contributed by atoms with van der Waals surface area (Å²) in [4.78, 5) is 18.5. The zero-order chi connectivity index (χ0) is 31.7. The third-order valence-corrected chi connectivity index (χ3v) is 17.0. The molecule has 4 rings (SSSR count). The number of carbonyl (C=O) groups excluding carboxylic acids is 1. The van der Waals surface area contributed by atoms with E-state index in [-0.39, 0.29) is 11.9 Å². The first-order valence-electron chi connectivity index (χ1n) is 16.0. The highest BCUT2D eigenvalue weighted by Crippen LogP contribution is 2.47. The lowest BCUT2D eigenvalue weighted by atomic mass is 10.0. The maximum absolute atomic E-state index is 14.3. The van der Waals surface area contributed by atoms with Crippen LogP contribution >= 0.6 is 0 Å². The lowest BCUT2D eigenvalue weighted by Gasteiger charge is -2.42. The smallest absolute Gasteiger partial charge is 0.260 e. The number of carbonyl (C=O) groups is 1. The number of rotatable bonds is 12. The molecule has 0 fully saturated rings. The number of anilines is 1. The molecular weight excluding hydrogens is 569 g/mol. The molecule has 43 heavy (non-hydrogen) atoms. The van der Waals surface area contributed by atoms with Gasteiger partial charge in [-0.2, -0.15) is 0 Å². The largest absolute Gasteiger partial charge is 0.540 e. The molecule has 0 unspecified atom stereocenters. The van der Waals surface area contributed by atoms with Crippen LogP contribution in [-0.2, 0) is 4.74 Å². The SMILES string of the molecule is COc1cc2c(cc1O[Si](C(C)C)(C(C)C)C(C)C)N(COCC[Si](C)(C)C)C[C@@H]1CC(c3ccc(C)cc3)=CN1C2=O. The maximum atomic E-state index is 14.3. The van der Waals surface area contributed by atoms with Crippen LogP contribution in [0.1, 0.15) is 69.4 Å². The lowest BCUT2D eigenvalue weighted by molar-refractivity contribution is 0.0791. The second-order valence-electron chi connectivity index (χ2n) is 14.6. The number of nitrogens with zero attached hydrogens (tertiary/aromatic N) is 2. The Bertz CT molecular complexity index is 1290. The van der Waals surface area contributed by atoms with Crippen LogP contribution < -0.4 is 14.1 Å². The molecule has 0 aliphatic carbocycles. The van der Waals surface area contributed by atoms with Crippen molar-refractivity contribution in [3.63, 3.8) is 0 Å². The molecule has 0 saturated carbocycles. The second-order valence-corrected chi connectivity index (χ2v) is 25.6. The molecule has 0 saturated heterocycles. The van der Waals surface area contributed by atoms with Crippen LogP contribution in [0.2, 0.25) is 42.3 Å². The summed E-state index contributed by atoms with van der Waals surface area (Å²) in [6, 6.07) is 13.7. The third-order valence-electron chi connectivity index (χ3n) is 9.32. The summed E-state index contributed by atoms with van der Waals surface area (Å²) in [6.45, 7) is 24.8. The highest BCUT2D eigenvalue weighted by Gasteiger charge is 2.48. The highest BCUT2D eigenvalue weighted by atomic mass is 28.4. The average Bonchev–Trinajstić information content (AvgIpc) is 3.31. The van der Waals surface area contributed by atoms with Gasteiger partial charge in [0.05, 0.1) is 24.4 Å². The Labute approximate surface area is 262 Å². The molecule has 0 radical (unpaired) electrons. The van der Waals surface area contributed by atoms with Crippen molar-refractivity contribution < 1.29 is 18.7 Å². The van der Waals surface area contributed by atoms with Gasteiger partial charge in [0.15, 0.2) is 5.75 Å². The molecule has 0 N–H and O–H groups in total. The van der Waals surface area contributed by atoms with E-state index in [4.69, 9.17) is 13.9 Å². The minimum atomic E-state index is -2.27. The standard InChI is InChI=1S/C35H54N2O4Si2/c1-24(2)43(25(3)4,26(5)6)41-34-20-32-31(19-33(34)39-8)35(38)37-21-29(28-14-12-27(7)13-15-28)18-30(37)22-36(32)23-40-16-17-42(9,10)11/h12-15,19-21,24-26,30H,16-18,22-23H2,1-11H3/t30-/m0/s1. The van der Waals surface area contributed by atoms with Crippen LogP contribution in [-0.4, -0.2) is 60.2 Å². The predicted molar refractivity (Wildman–Crippen MR) is 185 cm³/mol. The van der Waals surface area contributed by atoms with Gasteiger partial charge in [-0.25, -0.2) is 0 Å². The molecular formula is C35H54N2O4Si2. The van der Waals surface area contributed by atoms with Gasteiger partial charge in [-0.1, -0.05) is 91.0 Å². The van der Waals surface area contributed by atoms with Crippen LogP contribution in [0.3, 0.4) is 0 Å². The van der Waals surface area contributed by atoms with Crippen molar-refractivity contribution in [3.8, 4) is 11.5 Å². The summed E-state index contributed by atoms with van der Waals surface area (Å²) in [5.74, 6) is 1.35. The van der Waals surface area contributed by atoms with E-state index in [1.54, 1.807) is 7.11 Å². The van der Waals surface area contributed by atoms with Crippen LogP contribution in [0, 0.1) is 6.92 Å². The molecule has 2 heterocycles. The monoisotopic (exact) mass is 622 g/mol. The number of amides is 1. The van der Waals surface area contributed by atoms with Crippen molar-refractivity contribution in [1.29, 1.82) is 0 Å². The van der Waals surface area contributed by atoms with Gasteiger partial charge in [-0.3, -0.25) is 4.79 Å². The van der Waals surface area contributed by atoms with Gasteiger partial charge < -0.3 is 23.7 Å². The Hall–Kier alpha value is -2.56. The quantitative estimate of drug-likeness (QED) is 0.175. The van der Waals surface area contributed by atoms with E-state index in [1.165, 1.54) is 16.7 Å². The van der Waals surface area contributed by atoms with Crippen LogP contribution in [0.4, 0.5) is 5.69 Å². The molecule has 1 atom stereocenters. The summed E-state index contributed by atoms with van der Waals surface area (Å²) in [5, 5.41) is 0. The molecule has 0 spiro atoms. The molecule has 2 aliphatic rings. The maximum Gasteiger partial charge on any atom is 0.260 e. The topological polar surface area (TPSA) is 51.2 Å². The minimum absolute atomic E-state index is 0.00310. The molecule has 0 bridgehead atoms. The van der Waals surface area contributed by atoms with E-state index in [0.29, 0.717) is 41.2 Å². The Balaban J connectivity index is 1.77. The number of hydrogen-bond acceptors (Lipinski definition) is 5. The molecule has 2 aromatic rings. The molecule has 2 aromatic carbocycles. The average molecular weight is 623 g/mol. The van der Waals surface area contributed by atoms with Crippen molar-refractivity contribution in [3.05, 3.63) is 59.3 Å². The third kappa shape index (κ3) is 7.07. The molecule has 1 amide bonds. The predicted octanol–water partition coefficient (Wildman–Crippen LogP) is 8.95. The Morgan fingerprint density at radius 3 is 2.12 bits per heavy atom. The highest BCUT2D eigenvalue weighted by molar-refractivity contribution is 6.78. The summed E-state index contributed by atoms with van der Waals surface area (Å²) in [7, 11) is -1.83. The Kier molecular flexibility index (Phi) is 10.2. The van der Waals surface area contributed by atoms with Crippen molar-refractivity contribution in [1.82, 2.24) is 4.90 Å². The fraction of sp³-hybridized carbons (Fsp3) is 0.571. The number of aryl methyl sites for hydroxylation is 1. The van der Waals surface area contributed by atoms with E-state index in [0.717, 1.165) is 30.5 Å². The van der Waals surface area contributed by atoms with Crippen molar-refractivity contribution >= 4 is 33.6 Å². The van der Waals surface area contributed by atoms with E-state index in [9.17, 15) is 4.79 Å². The number of methoxy groups -OCH3 is 1. The van der Waals surface area contributed by atoms with Crippen LogP contribution in [0.25, 0.3) is 5.57 Å². The van der Waals surface area contributed by atoms with Crippen LogP contribution in [0.15, 0.2) is 42.6 Å². The van der Waals surface area contributed by atoms with Gasteiger partial charge in [0.25, 0.3) is 14.2 Å². The Morgan fingerprint density at radius 1 is 0.930 bits per heavy atom. The Morgan fingerprint density at radius 2 is 1.56 bits per heavy atom. The lowest BCUT2D eigenvalue weighted by Crippen LogP contribution is -2.50. The molecule has 2 aliphatic heterocycles.